The predicted molar refractivity (Wildman–Crippen MR) is 72.7 cm³/mol. The van der Waals surface area contributed by atoms with E-state index in [1.807, 2.05) is 13.8 Å². The SMILES string of the molecule is CCS(=O)CCNC(=O)Cn1nc(C)c(N)c1C. The lowest BCUT2D eigenvalue weighted by molar-refractivity contribution is -0.121. The van der Waals surface area contributed by atoms with Crippen LogP contribution < -0.4 is 11.1 Å². The molecule has 6 nitrogen and oxygen atoms in total. The molecule has 1 aromatic heterocycles. The van der Waals surface area contributed by atoms with Gasteiger partial charge in [-0.3, -0.25) is 13.7 Å². The highest BCUT2D eigenvalue weighted by Crippen LogP contribution is 2.14. The van der Waals surface area contributed by atoms with E-state index in [4.69, 9.17) is 5.73 Å². The van der Waals surface area contributed by atoms with Crippen molar-refractivity contribution in [1.29, 1.82) is 0 Å². The van der Waals surface area contributed by atoms with Gasteiger partial charge in [0, 0.05) is 28.9 Å². The highest BCUT2D eigenvalue weighted by atomic mass is 32.2. The van der Waals surface area contributed by atoms with Crippen LogP contribution in [0.2, 0.25) is 0 Å². The Morgan fingerprint density at radius 1 is 1.50 bits per heavy atom. The average molecular weight is 272 g/mol. The predicted octanol–water partition coefficient (Wildman–Crippen LogP) is -0.0331. The molecule has 0 spiro atoms. The number of nitrogens with one attached hydrogen (secondary N) is 1. The van der Waals surface area contributed by atoms with Crippen molar-refractivity contribution in [2.24, 2.45) is 0 Å². The van der Waals surface area contributed by atoms with E-state index in [1.54, 1.807) is 11.6 Å². The van der Waals surface area contributed by atoms with E-state index in [-0.39, 0.29) is 12.5 Å². The van der Waals surface area contributed by atoms with Gasteiger partial charge in [-0.1, -0.05) is 6.92 Å². The summed E-state index contributed by atoms with van der Waals surface area (Å²) in [5.74, 6) is 0.958. The van der Waals surface area contributed by atoms with E-state index in [0.717, 1.165) is 11.4 Å². The zero-order chi connectivity index (χ0) is 13.7. The molecule has 1 heterocycles. The summed E-state index contributed by atoms with van der Waals surface area (Å²) in [4.78, 5) is 11.6. The molecule has 0 aliphatic rings. The van der Waals surface area contributed by atoms with Crippen molar-refractivity contribution in [3.8, 4) is 0 Å². The fourth-order valence-corrected chi connectivity index (χ4v) is 2.12. The minimum Gasteiger partial charge on any atom is -0.396 e. The van der Waals surface area contributed by atoms with Gasteiger partial charge in [0.25, 0.3) is 0 Å². The average Bonchev–Trinajstić information content (AvgIpc) is 2.56. The molecule has 0 saturated heterocycles. The quantitative estimate of drug-likeness (QED) is 0.761. The van der Waals surface area contributed by atoms with Crippen LogP contribution in [0.5, 0.6) is 0 Å². The summed E-state index contributed by atoms with van der Waals surface area (Å²) in [6, 6.07) is 0. The molecule has 0 fully saturated rings. The van der Waals surface area contributed by atoms with Crippen LogP contribution in [0.4, 0.5) is 5.69 Å². The van der Waals surface area contributed by atoms with Crippen LogP contribution in [-0.2, 0) is 22.1 Å². The molecular formula is C11H20N4O2S. The van der Waals surface area contributed by atoms with Crippen LogP contribution in [0.15, 0.2) is 0 Å². The van der Waals surface area contributed by atoms with Gasteiger partial charge in [-0.25, -0.2) is 0 Å². The van der Waals surface area contributed by atoms with E-state index < -0.39 is 10.8 Å². The van der Waals surface area contributed by atoms with Gasteiger partial charge in [-0.05, 0) is 13.8 Å². The van der Waals surface area contributed by atoms with Gasteiger partial charge in [0.15, 0.2) is 0 Å². The van der Waals surface area contributed by atoms with Crippen LogP contribution in [0.1, 0.15) is 18.3 Å². The highest BCUT2D eigenvalue weighted by Gasteiger charge is 2.11. The van der Waals surface area contributed by atoms with Crippen LogP contribution in [0, 0.1) is 13.8 Å². The summed E-state index contributed by atoms with van der Waals surface area (Å²) in [5, 5.41) is 6.90. The first-order chi connectivity index (χ1) is 8.45. The van der Waals surface area contributed by atoms with Crippen molar-refractivity contribution < 1.29 is 9.00 Å². The number of rotatable bonds is 6. The number of hydrogen-bond donors (Lipinski definition) is 2. The van der Waals surface area contributed by atoms with Crippen molar-refractivity contribution in [3.05, 3.63) is 11.4 Å². The highest BCUT2D eigenvalue weighted by molar-refractivity contribution is 7.84. The van der Waals surface area contributed by atoms with Crippen LogP contribution in [-0.4, -0.2) is 37.9 Å². The smallest absolute Gasteiger partial charge is 0.241 e. The first kappa shape index (κ1) is 14.7. The monoisotopic (exact) mass is 272 g/mol. The molecular weight excluding hydrogens is 252 g/mol. The summed E-state index contributed by atoms with van der Waals surface area (Å²) in [6.45, 7) is 6.06. The molecule has 0 bridgehead atoms. The number of carbonyl (C=O) groups is 1. The van der Waals surface area contributed by atoms with Gasteiger partial charge < -0.3 is 11.1 Å². The number of nitrogens with zero attached hydrogens (tertiary/aromatic N) is 2. The van der Waals surface area contributed by atoms with E-state index in [1.165, 1.54) is 0 Å². The lowest BCUT2D eigenvalue weighted by atomic mass is 10.3. The number of nitrogen functional groups attached to an aromatic ring is 1. The van der Waals surface area contributed by atoms with Gasteiger partial charge in [0.05, 0.1) is 17.1 Å². The molecule has 1 atom stereocenters. The van der Waals surface area contributed by atoms with E-state index in [0.29, 0.717) is 23.7 Å². The summed E-state index contributed by atoms with van der Waals surface area (Å²) < 4.78 is 12.8. The standard InChI is InChI=1S/C11H20N4O2S/c1-4-18(17)6-5-13-10(16)7-15-9(3)11(12)8(2)14-15/h4-7,12H2,1-3H3,(H,13,16). The summed E-state index contributed by atoms with van der Waals surface area (Å²) in [6.07, 6.45) is 0. The number of carbonyl (C=O) groups excluding carboxylic acids is 1. The number of anilines is 1. The molecule has 0 saturated carbocycles. The molecule has 0 aliphatic heterocycles. The summed E-state index contributed by atoms with van der Waals surface area (Å²) in [5.41, 5.74) is 7.92. The van der Waals surface area contributed by atoms with Crippen LogP contribution >= 0.6 is 0 Å². The van der Waals surface area contributed by atoms with Crippen molar-refractivity contribution >= 4 is 22.4 Å². The first-order valence-electron chi connectivity index (χ1n) is 5.86. The Balaban J connectivity index is 2.45. The largest absolute Gasteiger partial charge is 0.396 e. The third-order valence-corrected chi connectivity index (χ3v) is 4.01. The zero-order valence-electron chi connectivity index (χ0n) is 11.0. The molecule has 102 valence electrons. The second-order valence-corrected chi connectivity index (χ2v) is 5.89. The molecule has 7 heteroatoms. The molecule has 3 N–H and O–H groups in total. The van der Waals surface area contributed by atoms with Gasteiger partial charge >= 0.3 is 0 Å². The minimum atomic E-state index is -0.851. The van der Waals surface area contributed by atoms with E-state index in [9.17, 15) is 9.00 Å². The maximum atomic E-state index is 11.6. The van der Waals surface area contributed by atoms with Gasteiger partial charge in [-0.15, -0.1) is 0 Å². The van der Waals surface area contributed by atoms with Crippen LogP contribution in [0.3, 0.4) is 0 Å². The minimum absolute atomic E-state index is 0.142. The molecule has 1 amide bonds. The lowest BCUT2D eigenvalue weighted by Crippen LogP contribution is -2.31. The third-order valence-electron chi connectivity index (χ3n) is 2.70. The number of nitrogens with two attached hydrogens (primary N) is 1. The molecule has 1 unspecified atom stereocenters. The molecule has 1 rings (SSSR count). The number of amides is 1. The number of aromatic nitrogens is 2. The fraction of sp³-hybridized carbons (Fsp3) is 0.636. The van der Waals surface area contributed by atoms with Crippen molar-refractivity contribution in [2.75, 3.05) is 23.8 Å². The molecule has 1 aromatic rings. The van der Waals surface area contributed by atoms with E-state index >= 15 is 0 Å². The molecule has 0 radical (unpaired) electrons. The molecule has 18 heavy (non-hydrogen) atoms. The Kier molecular flexibility index (Phi) is 5.33. The van der Waals surface area contributed by atoms with Gasteiger partial charge in [0.2, 0.25) is 5.91 Å². The topological polar surface area (TPSA) is 90.0 Å². The summed E-state index contributed by atoms with van der Waals surface area (Å²) in [7, 11) is -0.851. The summed E-state index contributed by atoms with van der Waals surface area (Å²) >= 11 is 0. The number of aryl methyl sites for hydroxylation is 1. The Morgan fingerprint density at radius 3 is 2.67 bits per heavy atom. The Labute approximate surface area is 109 Å². The number of hydrogen-bond acceptors (Lipinski definition) is 4. The van der Waals surface area contributed by atoms with Crippen LogP contribution in [0.25, 0.3) is 0 Å². The second-order valence-electron chi connectivity index (χ2n) is 4.02. The van der Waals surface area contributed by atoms with Crippen molar-refractivity contribution in [1.82, 2.24) is 15.1 Å². The van der Waals surface area contributed by atoms with Crippen molar-refractivity contribution in [2.45, 2.75) is 27.3 Å². The normalized spacial score (nSPS) is 12.4. The fourth-order valence-electron chi connectivity index (χ4n) is 1.51. The maximum Gasteiger partial charge on any atom is 0.241 e. The third kappa shape index (κ3) is 3.83. The maximum absolute atomic E-state index is 11.6. The lowest BCUT2D eigenvalue weighted by Gasteiger charge is -2.06. The molecule has 0 aliphatic carbocycles. The Morgan fingerprint density at radius 2 is 2.17 bits per heavy atom. The van der Waals surface area contributed by atoms with Crippen molar-refractivity contribution in [3.63, 3.8) is 0 Å². The Bertz CT molecular complexity index is 456. The first-order valence-corrected chi connectivity index (χ1v) is 7.35. The molecule has 0 aromatic carbocycles. The van der Waals surface area contributed by atoms with Gasteiger partial charge in [-0.2, -0.15) is 5.10 Å². The van der Waals surface area contributed by atoms with E-state index in [2.05, 4.69) is 10.4 Å². The zero-order valence-corrected chi connectivity index (χ0v) is 11.8. The van der Waals surface area contributed by atoms with Gasteiger partial charge in [0.1, 0.15) is 6.54 Å². The Hall–Kier alpha value is -1.37. The second kappa shape index (κ2) is 6.53.